The molecule has 0 aromatic rings. The van der Waals surface area contributed by atoms with E-state index in [0.29, 0.717) is 10.8 Å². The molecule has 1 N–H and O–H groups in total. The average Bonchev–Trinajstić information content (AvgIpc) is 3.03. The predicted molar refractivity (Wildman–Crippen MR) is 129 cm³/mol. The molecule has 3 fully saturated rings. The van der Waals surface area contributed by atoms with E-state index < -0.39 is 16.2 Å². The molecule has 184 valence electrons. The van der Waals surface area contributed by atoms with Gasteiger partial charge in [0.05, 0.1) is 5.60 Å². The molecule has 4 rings (SSSR count). The second-order valence-corrected chi connectivity index (χ2v) is 13.0. The molecule has 0 bridgehead atoms. The van der Waals surface area contributed by atoms with Gasteiger partial charge in [-0.25, -0.2) is 0 Å². The second kappa shape index (κ2) is 9.90. The quantitative estimate of drug-likeness (QED) is 0.468. The summed E-state index contributed by atoms with van der Waals surface area (Å²) < 4.78 is 25.3. The number of aliphatic hydroxyl groups is 1. The summed E-state index contributed by atoms with van der Waals surface area (Å²) >= 11 is 0. The summed E-state index contributed by atoms with van der Waals surface area (Å²) in [6.45, 7) is 11.8. The molecule has 0 aromatic heterocycles. The van der Waals surface area contributed by atoms with E-state index in [-0.39, 0.29) is 0 Å². The van der Waals surface area contributed by atoms with Crippen LogP contribution in [0.2, 0.25) is 0 Å². The lowest BCUT2D eigenvalue weighted by Crippen LogP contribution is -2.50. The van der Waals surface area contributed by atoms with E-state index in [4.69, 9.17) is 12.6 Å². The summed E-state index contributed by atoms with van der Waals surface area (Å²) in [6, 6.07) is 0. The molecule has 0 aliphatic heterocycles. The van der Waals surface area contributed by atoms with Gasteiger partial charge in [0.1, 0.15) is 0 Å². The molecular formula is C27H46O4S. The molecule has 0 heterocycles. The van der Waals surface area contributed by atoms with Gasteiger partial charge in [-0.15, -0.1) is 12.6 Å². The van der Waals surface area contributed by atoms with Crippen LogP contribution >= 0.6 is 0 Å². The van der Waals surface area contributed by atoms with Gasteiger partial charge in [0.2, 0.25) is 0 Å². The highest BCUT2D eigenvalue weighted by Gasteiger charge is 2.58. The Morgan fingerprint density at radius 1 is 1.09 bits per heavy atom. The molecule has 0 spiro atoms. The fourth-order valence-corrected chi connectivity index (χ4v) is 8.73. The molecular weight excluding hydrogens is 420 g/mol. The topological polar surface area (TPSA) is 71.4 Å². The van der Waals surface area contributed by atoms with Crippen molar-refractivity contribution in [1.29, 1.82) is 0 Å². The van der Waals surface area contributed by atoms with Crippen molar-refractivity contribution in [3.8, 4) is 0 Å². The zero-order valence-corrected chi connectivity index (χ0v) is 21.8. The third kappa shape index (κ3) is 5.35. The number of fused-ring (bicyclic) bond motifs is 5. The zero-order chi connectivity index (χ0) is 23.7. The molecule has 32 heavy (non-hydrogen) atoms. The average molecular weight is 467 g/mol. The number of rotatable bonds is 5. The summed E-state index contributed by atoms with van der Waals surface area (Å²) in [4.78, 5) is 0. The standard InChI is InChI=1S/C27H46O.O3S/c1-19(9-8-16-25(2,3)28)22-13-14-23-21-12-11-20-10-6-7-17-26(20,4)24(21)15-18-27(22,23)5;1-4(2)3/h11,19,21-24,28H,6-10,12-18H2,1-5H3;/t19-,21-,22+,23-,24-,26-,27+;/m0./s1. The van der Waals surface area contributed by atoms with Gasteiger partial charge in [0, 0.05) is 0 Å². The van der Waals surface area contributed by atoms with Crippen molar-refractivity contribution in [3.63, 3.8) is 0 Å². The minimum Gasteiger partial charge on any atom is -0.390 e. The SMILES string of the molecule is C[C@@H](CCCC(C)(C)O)[C@H]1CC[C@H]2[C@@H]3CC=C4CCCC[C@]4(C)[C@H]3CC[C@]12C.O=S(=O)=O. The van der Waals surface area contributed by atoms with Crippen molar-refractivity contribution in [1.82, 2.24) is 0 Å². The minimum atomic E-state index is -3.11. The maximum atomic E-state index is 10.1. The predicted octanol–water partition coefficient (Wildman–Crippen LogP) is 6.53. The Bertz CT molecular complexity index is 788. The number of hydrogen-bond acceptors (Lipinski definition) is 4. The van der Waals surface area contributed by atoms with Gasteiger partial charge in [-0.3, -0.25) is 0 Å². The van der Waals surface area contributed by atoms with Crippen molar-refractivity contribution in [2.24, 2.45) is 40.4 Å². The monoisotopic (exact) mass is 466 g/mol. The maximum Gasteiger partial charge on any atom is 0.425 e. The van der Waals surface area contributed by atoms with Gasteiger partial charge in [-0.1, -0.05) is 51.7 Å². The highest BCUT2D eigenvalue weighted by Crippen LogP contribution is 2.67. The van der Waals surface area contributed by atoms with Crippen molar-refractivity contribution >= 4 is 10.6 Å². The summed E-state index contributed by atoms with van der Waals surface area (Å²) in [5.41, 5.74) is 2.46. The third-order valence-electron chi connectivity index (χ3n) is 10.2. The Hall–Kier alpha value is -0.680. The first-order valence-electron chi connectivity index (χ1n) is 13.1. The number of hydrogen-bond donors (Lipinski definition) is 1. The summed E-state index contributed by atoms with van der Waals surface area (Å²) in [5, 5.41) is 10.1. The molecule has 4 nitrogen and oxygen atoms in total. The van der Waals surface area contributed by atoms with Crippen LogP contribution in [0.3, 0.4) is 0 Å². The Balaban J connectivity index is 0.000000668. The first-order chi connectivity index (χ1) is 14.9. The number of allylic oxidation sites excluding steroid dienone is 2. The molecule has 3 saturated carbocycles. The molecule has 0 amide bonds. The van der Waals surface area contributed by atoms with Gasteiger partial charge in [-0.05, 0) is 112 Å². The van der Waals surface area contributed by atoms with E-state index in [1.807, 2.05) is 19.4 Å². The van der Waals surface area contributed by atoms with Crippen molar-refractivity contribution in [2.45, 2.75) is 117 Å². The fraction of sp³-hybridized carbons (Fsp3) is 0.926. The molecule has 5 heteroatoms. The van der Waals surface area contributed by atoms with Crippen LogP contribution in [0.5, 0.6) is 0 Å². The van der Waals surface area contributed by atoms with E-state index in [1.165, 1.54) is 70.6 Å². The molecule has 7 atom stereocenters. The van der Waals surface area contributed by atoms with Crippen molar-refractivity contribution < 1.29 is 17.7 Å². The van der Waals surface area contributed by atoms with E-state index in [9.17, 15) is 5.11 Å². The first kappa shape index (κ1) is 25.9. The van der Waals surface area contributed by atoms with Gasteiger partial charge >= 0.3 is 10.6 Å². The molecule has 4 aliphatic rings. The van der Waals surface area contributed by atoms with Crippen molar-refractivity contribution in [3.05, 3.63) is 11.6 Å². The van der Waals surface area contributed by atoms with Gasteiger partial charge in [-0.2, -0.15) is 0 Å². The van der Waals surface area contributed by atoms with E-state index in [0.717, 1.165) is 36.0 Å². The van der Waals surface area contributed by atoms with Crippen LogP contribution in [-0.4, -0.2) is 23.3 Å². The Morgan fingerprint density at radius 2 is 1.78 bits per heavy atom. The normalized spacial score (nSPS) is 39.5. The van der Waals surface area contributed by atoms with E-state index in [2.05, 4.69) is 26.8 Å². The molecule has 0 radical (unpaired) electrons. The lowest BCUT2D eigenvalue weighted by molar-refractivity contribution is -0.0503. The van der Waals surface area contributed by atoms with Gasteiger partial charge < -0.3 is 5.11 Å². The van der Waals surface area contributed by atoms with Gasteiger partial charge in [0.15, 0.2) is 0 Å². The summed E-state index contributed by atoms with van der Waals surface area (Å²) in [7, 11) is -3.11. The maximum absolute atomic E-state index is 10.1. The Labute approximate surface area is 197 Å². The summed E-state index contributed by atoms with van der Waals surface area (Å²) in [5.74, 6) is 4.61. The van der Waals surface area contributed by atoms with E-state index in [1.54, 1.807) is 0 Å². The summed E-state index contributed by atoms with van der Waals surface area (Å²) in [6.07, 6.45) is 19.2. The largest absolute Gasteiger partial charge is 0.425 e. The molecule has 4 aliphatic carbocycles. The van der Waals surface area contributed by atoms with Crippen LogP contribution in [0, 0.1) is 40.4 Å². The van der Waals surface area contributed by atoms with Crippen LogP contribution < -0.4 is 0 Å². The fourth-order valence-electron chi connectivity index (χ4n) is 8.73. The van der Waals surface area contributed by atoms with E-state index >= 15 is 0 Å². The smallest absolute Gasteiger partial charge is 0.390 e. The van der Waals surface area contributed by atoms with Crippen LogP contribution in [0.4, 0.5) is 0 Å². The highest BCUT2D eigenvalue weighted by atomic mass is 32.2. The lowest BCUT2D eigenvalue weighted by Gasteiger charge is -2.58. The van der Waals surface area contributed by atoms with Crippen LogP contribution in [0.15, 0.2) is 11.6 Å². The third-order valence-corrected chi connectivity index (χ3v) is 10.2. The molecule has 0 saturated heterocycles. The molecule has 0 unspecified atom stereocenters. The van der Waals surface area contributed by atoms with Crippen LogP contribution in [0.25, 0.3) is 0 Å². The van der Waals surface area contributed by atoms with Crippen molar-refractivity contribution in [2.75, 3.05) is 0 Å². The Kier molecular flexibility index (Phi) is 8.02. The second-order valence-electron chi connectivity index (χ2n) is 12.6. The minimum absolute atomic E-state index is 0.499. The first-order valence-corrected chi connectivity index (χ1v) is 14.1. The lowest BCUT2D eigenvalue weighted by atomic mass is 9.47. The van der Waals surface area contributed by atoms with Crippen LogP contribution in [-0.2, 0) is 10.6 Å². The highest BCUT2D eigenvalue weighted by molar-refractivity contribution is 7.59. The zero-order valence-electron chi connectivity index (χ0n) is 21.0. The van der Waals surface area contributed by atoms with Crippen LogP contribution in [0.1, 0.15) is 112 Å². The molecule has 0 aromatic carbocycles. The van der Waals surface area contributed by atoms with Gasteiger partial charge in [0.25, 0.3) is 0 Å². The Morgan fingerprint density at radius 3 is 2.44 bits per heavy atom.